The lowest BCUT2D eigenvalue weighted by molar-refractivity contribution is 0.0428. The number of methoxy groups -OCH3 is 1. The van der Waals surface area contributed by atoms with Gasteiger partial charge in [0.15, 0.2) is 5.75 Å². The molecule has 0 saturated heterocycles. The fourth-order valence-corrected chi connectivity index (χ4v) is 5.66. The number of fused-ring (bicyclic) bond motifs is 2. The highest BCUT2D eigenvalue weighted by molar-refractivity contribution is 5.99. The van der Waals surface area contributed by atoms with Gasteiger partial charge in [0.2, 0.25) is 5.95 Å². The Morgan fingerprint density at radius 2 is 2.06 bits per heavy atom. The van der Waals surface area contributed by atoms with Gasteiger partial charge in [-0.15, -0.1) is 0 Å². The van der Waals surface area contributed by atoms with Crippen LogP contribution in [0.25, 0.3) is 0 Å². The summed E-state index contributed by atoms with van der Waals surface area (Å²) in [7, 11) is 7.34. The average Bonchev–Trinajstić information content (AvgIpc) is 3.54. The lowest BCUT2D eigenvalue weighted by atomic mass is 9.78. The molecule has 9 heteroatoms. The number of benzene rings is 1. The van der Waals surface area contributed by atoms with Gasteiger partial charge >= 0.3 is 0 Å². The Balaban J connectivity index is 1.57. The third kappa shape index (κ3) is 4.01. The van der Waals surface area contributed by atoms with E-state index in [1.54, 1.807) is 12.3 Å². The Kier molecular flexibility index (Phi) is 6.20. The number of nitrogens with one attached hydrogen (secondary N) is 1. The molecule has 2 aromatic heterocycles. The molecule has 2 unspecified atom stereocenters. The van der Waals surface area contributed by atoms with Crippen molar-refractivity contribution in [2.45, 2.75) is 43.8 Å². The second-order valence-electron chi connectivity index (χ2n) is 10.1. The zero-order valence-corrected chi connectivity index (χ0v) is 21.5. The van der Waals surface area contributed by atoms with Gasteiger partial charge in [0.25, 0.3) is 11.9 Å². The van der Waals surface area contributed by atoms with Gasteiger partial charge in [-0.2, -0.15) is 4.39 Å². The van der Waals surface area contributed by atoms with Gasteiger partial charge in [-0.3, -0.25) is 4.79 Å². The molecule has 5 rings (SSSR count). The van der Waals surface area contributed by atoms with E-state index in [0.717, 1.165) is 47.6 Å². The summed E-state index contributed by atoms with van der Waals surface area (Å²) in [6.07, 6.45) is 7.25. The van der Waals surface area contributed by atoms with Crippen LogP contribution in [0.3, 0.4) is 0 Å². The molecule has 3 aromatic rings. The van der Waals surface area contributed by atoms with Crippen LogP contribution in [0.4, 0.5) is 10.3 Å². The third-order valence-electron chi connectivity index (χ3n) is 7.63. The van der Waals surface area contributed by atoms with Crippen molar-refractivity contribution in [3.05, 3.63) is 71.1 Å². The molecule has 1 aliphatic heterocycles. The largest absolute Gasteiger partial charge is 0.492 e. The Morgan fingerprint density at radius 3 is 2.72 bits per heavy atom. The minimum absolute atomic E-state index is 0.00561. The maximum Gasteiger partial charge on any atom is 0.255 e. The monoisotopic (exact) mass is 492 g/mol. The summed E-state index contributed by atoms with van der Waals surface area (Å²) < 4.78 is 21.2. The summed E-state index contributed by atoms with van der Waals surface area (Å²) in [5.41, 5.74) is 3.60. The van der Waals surface area contributed by atoms with Crippen LogP contribution in [0.15, 0.2) is 42.9 Å². The number of aromatic nitrogens is 3. The van der Waals surface area contributed by atoms with Crippen LogP contribution in [0.2, 0.25) is 0 Å². The number of hydrogen-bond acceptors (Lipinski definition) is 6. The van der Waals surface area contributed by atoms with Crippen molar-refractivity contribution in [2.24, 2.45) is 0 Å². The SMILES string of the molecule is CNc1nccn1Cc1ccc2c(c1)C(=O)N(C(C)c1cnc(F)c(OC)c1)C(CN(C)C)C21CC1. The highest BCUT2D eigenvalue weighted by Gasteiger charge is 2.59. The number of carbonyl (C=O) groups is 1. The van der Waals surface area contributed by atoms with Crippen LogP contribution in [-0.2, 0) is 12.0 Å². The fourth-order valence-electron chi connectivity index (χ4n) is 5.66. The first kappa shape index (κ1) is 24.2. The number of nitrogens with zero attached hydrogens (tertiary/aromatic N) is 5. The van der Waals surface area contributed by atoms with Crippen molar-refractivity contribution in [3.63, 3.8) is 0 Å². The number of pyridine rings is 1. The topological polar surface area (TPSA) is 75.5 Å². The average molecular weight is 493 g/mol. The predicted molar refractivity (Wildman–Crippen MR) is 136 cm³/mol. The van der Waals surface area contributed by atoms with Gasteiger partial charge in [-0.05, 0) is 62.7 Å². The number of hydrogen-bond donors (Lipinski definition) is 1. The van der Waals surface area contributed by atoms with Gasteiger partial charge in [0.1, 0.15) is 0 Å². The van der Waals surface area contributed by atoms with E-state index in [0.29, 0.717) is 6.54 Å². The first-order chi connectivity index (χ1) is 17.3. The van der Waals surface area contributed by atoms with Gasteiger partial charge < -0.3 is 24.4 Å². The quantitative estimate of drug-likeness (QED) is 0.484. The molecule has 190 valence electrons. The Hall–Kier alpha value is -3.46. The number of amides is 1. The van der Waals surface area contributed by atoms with Gasteiger partial charge in [-0.25, -0.2) is 9.97 Å². The Labute approximate surface area is 211 Å². The van der Waals surface area contributed by atoms with Crippen molar-refractivity contribution < 1.29 is 13.9 Å². The molecule has 1 amide bonds. The summed E-state index contributed by atoms with van der Waals surface area (Å²) in [6, 6.07) is 7.66. The Morgan fingerprint density at radius 1 is 1.28 bits per heavy atom. The van der Waals surface area contributed by atoms with E-state index >= 15 is 0 Å². The van der Waals surface area contributed by atoms with Crippen molar-refractivity contribution in [3.8, 4) is 5.75 Å². The summed E-state index contributed by atoms with van der Waals surface area (Å²) in [6.45, 7) is 3.34. The minimum Gasteiger partial charge on any atom is -0.492 e. The maximum atomic E-state index is 14.2. The van der Waals surface area contributed by atoms with E-state index in [2.05, 4.69) is 32.3 Å². The minimum atomic E-state index is -0.655. The molecule has 1 aliphatic carbocycles. The molecule has 1 N–H and O–H groups in total. The summed E-state index contributed by atoms with van der Waals surface area (Å²) in [5.74, 6) is 0.193. The zero-order valence-electron chi connectivity index (χ0n) is 21.5. The van der Waals surface area contributed by atoms with E-state index in [1.807, 2.05) is 49.8 Å². The first-order valence-corrected chi connectivity index (χ1v) is 12.3. The molecule has 0 bridgehead atoms. The van der Waals surface area contributed by atoms with Gasteiger partial charge in [0.05, 0.1) is 25.7 Å². The number of halogens is 1. The highest BCUT2D eigenvalue weighted by Crippen LogP contribution is 2.57. The molecule has 1 spiro atoms. The smallest absolute Gasteiger partial charge is 0.255 e. The van der Waals surface area contributed by atoms with Crippen LogP contribution in [0.1, 0.15) is 52.9 Å². The van der Waals surface area contributed by atoms with E-state index < -0.39 is 5.95 Å². The van der Waals surface area contributed by atoms with Crippen LogP contribution in [0.5, 0.6) is 5.75 Å². The number of carbonyl (C=O) groups excluding carboxylic acids is 1. The maximum absolute atomic E-state index is 14.2. The first-order valence-electron chi connectivity index (χ1n) is 12.3. The standard InChI is InChI=1S/C27H33FN6O2/c1-17(19-13-22(36-5)24(28)31-14-19)34-23(16-32(3)4)27(8-9-27)21-7-6-18(12-20(21)25(34)35)15-33-11-10-30-26(33)29-2/h6-7,10-14,17,23H,8-9,15-16H2,1-5H3,(H,29,30). The van der Waals surface area contributed by atoms with Crippen LogP contribution in [0, 0.1) is 5.95 Å². The van der Waals surface area contributed by atoms with E-state index in [-0.39, 0.29) is 29.2 Å². The number of anilines is 1. The molecule has 0 radical (unpaired) electrons. The molecule has 2 aliphatic rings. The number of rotatable bonds is 8. The van der Waals surface area contributed by atoms with Crippen LogP contribution < -0.4 is 10.1 Å². The second kappa shape index (κ2) is 9.20. The van der Waals surface area contributed by atoms with Crippen LogP contribution >= 0.6 is 0 Å². The van der Waals surface area contributed by atoms with Gasteiger partial charge in [-0.1, -0.05) is 12.1 Å². The van der Waals surface area contributed by atoms with Crippen LogP contribution in [-0.4, -0.2) is 71.1 Å². The molecule has 1 aromatic carbocycles. The van der Waals surface area contributed by atoms with Crippen molar-refractivity contribution in [1.82, 2.24) is 24.3 Å². The molecule has 2 atom stereocenters. The molecule has 3 heterocycles. The van der Waals surface area contributed by atoms with Crippen molar-refractivity contribution in [2.75, 3.05) is 40.1 Å². The fraction of sp³-hybridized carbons (Fsp3) is 0.444. The zero-order chi connectivity index (χ0) is 25.6. The van der Waals surface area contributed by atoms with Crippen molar-refractivity contribution >= 4 is 11.9 Å². The Bertz CT molecular complexity index is 1290. The lowest BCUT2D eigenvalue weighted by Crippen LogP contribution is -2.56. The van der Waals surface area contributed by atoms with E-state index in [9.17, 15) is 9.18 Å². The normalized spacial score (nSPS) is 18.9. The predicted octanol–water partition coefficient (Wildman–Crippen LogP) is 3.69. The van der Waals surface area contributed by atoms with Gasteiger partial charge in [0, 0.05) is 43.2 Å². The molecule has 8 nitrogen and oxygen atoms in total. The molecule has 36 heavy (non-hydrogen) atoms. The molecular formula is C27H33FN6O2. The second-order valence-corrected chi connectivity index (χ2v) is 10.1. The van der Waals surface area contributed by atoms with E-state index in [1.165, 1.54) is 13.3 Å². The lowest BCUT2D eigenvalue weighted by Gasteiger charge is -2.47. The van der Waals surface area contributed by atoms with E-state index in [4.69, 9.17) is 4.74 Å². The number of imidazole rings is 1. The summed E-state index contributed by atoms with van der Waals surface area (Å²) in [4.78, 5) is 26.5. The third-order valence-corrected chi connectivity index (χ3v) is 7.63. The van der Waals surface area contributed by atoms with Crippen molar-refractivity contribution in [1.29, 1.82) is 0 Å². The molecular weight excluding hydrogens is 459 g/mol. The number of ether oxygens (including phenoxy) is 1. The highest BCUT2D eigenvalue weighted by atomic mass is 19.1. The molecule has 1 saturated carbocycles. The summed E-state index contributed by atoms with van der Waals surface area (Å²) in [5, 5.41) is 3.10. The molecule has 1 fully saturated rings. The summed E-state index contributed by atoms with van der Waals surface area (Å²) >= 11 is 0. The number of likely N-dealkylation sites (N-methyl/N-ethyl adjacent to an activating group) is 1.